The Labute approximate surface area is 195 Å². The van der Waals surface area contributed by atoms with Crippen molar-refractivity contribution < 1.29 is 9.90 Å². The number of pyridine rings is 1. The molecule has 5 heteroatoms. The molecule has 5 nitrogen and oxygen atoms in total. The van der Waals surface area contributed by atoms with E-state index in [-0.39, 0.29) is 30.5 Å². The van der Waals surface area contributed by atoms with Gasteiger partial charge in [0.15, 0.2) is 0 Å². The molecule has 1 amide bonds. The second kappa shape index (κ2) is 9.46. The van der Waals surface area contributed by atoms with Gasteiger partial charge in [-0.3, -0.25) is 14.7 Å². The van der Waals surface area contributed by atoms with E-state index < -0.39 is 0 Å². The highest BCUT2D eigenvalue weighted by atomic mass is 16.3. The van der Waals surface area contributed by atoms with Crippen LogP contribution in [0.25, 0.3) is 11.1 Å². The van der Waals surface area contributed by atoms with Crippen LogP contribution < -0.4 is 0 Å². The van der Waals surface area contributed by atoms with Crippen molar-refractivity contribution in [2.45, 2.75) is 37.8 Å². The highest BCUT2D eigenvalue weighted by Gasteiger charge is 2.49. The highest BCUT2D eigenvalue weighted by Crippen LogP contribution is 2.42. The van der Waals surface area contributed by atoms with Crippen LogP contribution in [0, 0.1) is 6.92 Å². The molecule has 2 fully saturated rings. The van der Waals surface area contributed by atoms with Gasteiger partial charge in [0, 0.05) is 49.0 Å². The Morgan fingerprint density at radius 1 is 0.939 bits per heavy atom. The average molecular weight is 442 g/mol. The molecule has 0 saturated carbocycles. The summed E-state index contributed by atoms with van der Waals surface area (Å²) in [5, 5.41) is 10.2. The van der Waals surface area contributed by atoms with E-state index in [2.05, 4.69) is 65.3 Å². The molecule has 2 saturated heterocycles. The first-order valence-corrected chi connectivity index (χ1v) is 11.9. The first kappa shape index (κ1) is 21.8. The van der Waals surface area contributed by atoms with Crippen LogP contribution in [0.3, 0.4) is 0 Å². The maximum absolute atomic E-state index is 13.2. The Morgan fingerprint density at radius 3 is 2.24 bits per heavy atom. The molecule has 0 unspecified atom stereocenters. The van der Waals surface area contributed by atoms with Crippen molar-refractivity contribution in [3.8, 4) is 11.1 Å². The maximum Gasteiger partial charge on any atom is 0.254 e. The smallest absolute Gasteiger partial charge is 0.254 e. The molecule has 0 bridgehead atoms. The van der Waals surface area contributed by atoms with Gasteiger partial charge < -0.3 is 10.0 Å². The number of carbonyl (C=O) groups excluding carboxylic acids is 1. The van der Waals surface area contributed by atoms with Gasteiger partial charge in [-0.1, -0.05) is 54.1 Å². The van der Waals surface area contributed by atoms with Gasteiger partial charge >= 0.3 is 0 Å². The first-order chi connectivity index (χ1) is 16.2. The van der Waals surface area contributed by atoms with Gasteiger partial charge in [-0.2, -0.15) is 0 Å². The van der Waals surface area contributed by atoms with E-state index in [1.165, 1.54) is 22.3 Å². The number of aryl methyl sites for hydroxylation is 1. The molecule has 0 spiro atoms. The van der Waals surface area contributed by atoms with Crippen LogP contribution >= 0.6 is 0 Å². The Balaban J connectivity index is 1.38. The van der Waals surface area contributed by atoms with E-state index in [9.17, 15) is 9.90 Å². The van der Waals surface area contributed by atoms with Gasteiger partial charge in [0.1, 0.15) is 0 Å². The van der Waals surface area contributed by atoms with Crippen LogP contribution in [0.4, 0.5) is 0 Å². The van der Waals surface area contributed by atoms with Crippen molar-refractivity contribution in [2.24, 2.45) is 0 Å². The third-order valence-corrected chi connectivity index (χ3v) is 7.26. The third-order valence-electron chi connectivity index (χ3n) is 7.26. The molecule has 2 aliphatic rings. The number of nitrogens with zero attached hydrogens (tertiary/aromatic N) is 3. The number of hydrogen-bond acceptors (Lipinski definition) is 4. The van der Waals surface area contributed by atoms with Crippen LogP contribution in [0.5, 0.6) is 0 Å². The molecule has 1 aromatic heterocycles. The molecule has 1 N–H and O–H groups in total. The summed E-state index contributed by atoms with van der Waals surface area (Å²) in [5.74, 6) is 0.285. The number of fused-ring (bicyclic) bond motifs is 1. The molecule has 2 aliphatic heterocycles. The van der Waals surface area contributed by atoms with Crippen molar-refractivity contribution in [3.63, 3.8) is 0 Å². The molecule has 0 aliphatic carbocycles. The van der Waals surface area contributed by atoms with Gasteiger partial charge in [0.05, 0.1) is 6.61 Å². The molecule has 5 rings (SSSR count). The zero-order valence-electron chi connectivity index (χ0n) is 19.1. The van der Waals surface area contributed by atoms with Crippen LogP contribution in [0.15, 0.2) is 73.1 Å². The Hall–Kier alpha value is -3.02. The number of benzene rings is 2. The molecule has 3 heterocycles. The first-order valence-electron chi connectivity index (χ1n) is 11.9. The standard InChI is InChI=1S/C28H31N3O2/c1-20-4-6-21(7-5-20)22-8-10-23(11-9-22)27-25-18-30(28(33)24-12-14-29-15-13-24)16-2-3-17-31(25)26(27)19-32/h4-15,25-27,32H,2-3,16-19H2,1H3/t25-,26-,27+/m0/s1. The fourth-order valence-corrected chi connectivity index (χ4v) is 5.45. The zero-order valence-corrected chi connectivity index (χ0v) is 19.1. The Morgan fingerprint density at radius 2 is 1.58 bits per heavy atom. The fourth-order valence-electron chi connectivity index (χ4n) is 5.45. The minimum absolute atomic E-state index is 0.0696. The monoisotopic (exact) mass is 441 g/mol. The molecule has 33 heavy (non-hydrogen) atoms. The lowest BCUT2D eigenvalue weighted by atomic mass is 9.74. The summed E-state index contributed by atoms with van der Waals surface area (Å²) in [7, 11) is 0. The van der Waals surface area contributed by atoms with Gasteiger partial charge in [-0.05, 0) is 55.1 Å². The number of aliphatic hydroxyl groups is 1. The van der Waals surface area contributed by atoms with E-state index in [4.69, 9.17) is 0 Å². The van der Waals surface area contributed by atoms with E-state index in [0.717, 1.165) is 25.9 Å². The Bertz CT molecular complexity index is 1080. The Kier molecular flexibility index (Phi) is 6.25. The number of aromatic nitrogens is 1. The van der Waals surface area contributed by atoms with Gasteiger partial charge in [-0.15, -0.1) is 0 Å². The average Bonchev–Trinajstić information content (AvgIpc) is 2.84. The summed E-state index contributed by atoms with van der Waals surface area (Å²) in [4.78, 5) is 21.6. The van der Waals surface area contributed by atoms with Crippen molar-refractivity contribution >= 4 is 5.91 Å². The summed E-state index contributed by atoms with van der Waals surface area (Å²) >= 11 is 0. The summed E-state index contributed by atoms with van der Waals surface area (Å²) in [6.07, 6.45) is 5.36. The number of carbonyl (C=O) groups is 1. The normalized spacial score (nSPS) is 23.2. The van der Waals surface area contributed by atoms with Crippen LogP contribution in [-0.2, 0) is 0 Å². The van der Waals surface area contributed by atoms with Gasteiger partial charge in [0.2, 0.25) is 0 Å². The highest BCUT2D eigenvalue weighted by molar-refractivity contribution is 5.94. The quantitative estimate of drug-likeness (QED) is 0.662. The SMILES string of the molecule is Cc1ccc(-c2ccc([C@H]3[C@H](CO)N4CCCCN(C(=O)c5ccncc5)C[C@@H]34)cc2)cc1. The second-order valence-corrected chi connectivity index (χ2v) is 9.26. The molecule has 3 atom stereocenters. The van der Waals surface area contributed by atoms with Crippen molar-refractivity contribution in [2.75, 3.05) is 26.2 Å². The third kappa shape index (κ3) is 4.31. The number of aliphatic hydroxyl groups excluding tert-OH is 1. The van der Waals surface area contributed by atoms with E-state index in [0.29, 0.717) is 12.1 Å². The topological polar surface area (TPSA) is 56.7 Å². The second-order valence-electron chi connectivity index (χ2n) is 9.26. The largest absolute Gasteiger partial charge is 0.395 e. The van der Waals surface area contributed by atoms with Crippen LogP contribution in [0.2, 0.25) is 0 Å². The predicted octanol–water partition coefficient (Wildman–Crippen LogP) is 4.12. The van der Waals surface area contributed by atoms with Crippen LogP contribution in [0.1, 0.15) is 40.2 Å². The summed E-state index contributed by atoms with van der Waals surface area (Å²) in [5.41, 5.74) is 5.59. The minimum atomic E-state index is 0.0696. The number of rotatable bonds is 4. The maximum atomic E-state index is 13.2. The van der Waals surface area contributed by atoms with E-state index >= 15 is 0 Å². The lowest BCUT2D eigenvalue weighted by molar-refractivity contribution is -0.0606. The lowest BCUT2D eigenvalue weighted by Crippen LogP contribution is -2.67. The fraction of sp³-hybridized carbons (Fsp3) is 0.357. The minimum Gasteiger partial charge on any atom is -0.395 e. The molecule has 3 aromatic rings. The summed E-state index contributed by atoms with van der Waals surface area (Å²) in [6, 6.07) is 21.3. The molecule has 0 radical (unpaired) electrons. The van der Waals surface area contributed by atoms with Crippen molar-refractivity contribution in [1.29, 1.82) is 0 Å². The van der Waals surface area contributed by atoms with Crippen molar-refractivity contribution in [1.82, 2.24) is 14.8 Å². The molecular formula is C28H31N3O2. The number of hydrogen-bond donors (Lipinski definition) is 1. The van der Waals surface area contributed by atoms with Crippen LogP contribution in [-0.4, -0.2) is 64.1 Å². The summed E-state index contributed by atoms with van der Waals surface area (Å²) in [6.45, 7) is 4.67. The van der Waals surface area contributed by atoms with E-state index in [1.807, 2.05) is 4.90 Å². The van der Waals surface area contributed by atoms with Gasteiger partial charge in [0.25, 0.3) is 5.91 Å². The number of amides is 1. The zero-order chi connectivity index (χ0) is 22.8. The summed E-state index contributed by atoms with van der Waals surface area (Å²) < 4.78 is 0. The molecular weight excluding hydrogens is 410 g/mol. The predicted molar refractivity (Wildman–Crippen MR) is 130 cm³/mol. The molecule has 170 valence electrons. The van der Waals surface area contributed by atoms with E-state index in [1.54, 1.807) is 24.5 Å². The van der Waals surface area contributed by atoms with Crippen molar-refractivity contribution in [3.05, 3.63) is 89.7 Å². The van der Waals surface area contributed by atoms with Gasteiger partial charge in [-0.25, -0.2) is 0 Å². The molecule has 2 aromatic carbocycles. The lowest BCUT2D eigenvalue weighted by Gasteiger charge is -2.57.